The molecule has 0 aromatic heterocycles. The van der Waals surface area contributed by atoms with E-state index in [4.69, 9.17) is 0 Å². The van der Waals surface area contributed by atoms with Gasteiger partial charge in [-0.25, -0.2) is 4.39 Å². The van der Waals surface area contributed by atoms with Crippen molar-refractivity contribution >= 4 is 0 Å². The molecule has 0 radical (unpaired) electrons. The highest BCUT2D eigenvalue weighted by molar-refractivity contribution is 5.27. The fraction of sp³-hybridized carbons (Fsp3) is 0.500. The fourth-order valence-electron chi connectivity index (χ4n) is 2.72. The lowest BCUT2D eigenvalue weighted by Crippen LogP contribution is -2.59. The Kier molecular flexibility index (Phi) is 1.68. The molecule has 0 amide bonds. The summed E-state index contributed by atoms with van der Waals surface area (Å²) in [6.45, 7) is 1.15. The number of hydrogen-bond acceptors (Lipinski definition) is 1. The van der Waals surface area contributed by atoms with Crippen molar-refractivity contribution in [1.82, 2.24) is 5.32 Å². The Morgan fingerprint density at radius 2 is 1.93 bits per heavy atom. The first-order valence-electron chi connectivity index (χ1n) is 5.29. The Bertz CT molecular complexity index is 334. The van der Waals surface area contributed by atoms with Gasteiger partial charge < -0.3 is 5.32 Å². The first-order chi connectivity index (χ1) is 6.80. The molecule has 1 aliphatic heterocycles. The third-order valence-corrected chi connectivity index (χ3v) is 3.82. The summed E-state index contributed by atoms with van der Waals surface area (Å²) >= 11 is 0. The van der Waals surface area contributed by atoms with Gasteiger partial charge in [-0.15, -0.1) is 0 Å². The van der Waals surface area contributed by atoms with Gasteiger partial charge in [0.1, 0.15) is 5.82 Å². The molecule has 1 saturated carbocycles. The number of halogens is 1. The second-order valence-electron chi connectivity index (χ2n) is 4.58. The molecular formula is C12H14FN. The maximum atomic E-state index is 12.7. The number of nitrogens with one attached hydrogen (secondary N) is 1. The van der Waals surface area contributed by atoms with Crippen molar-refractivity contribution < 1.29 is 4.39 Å². The van der Waals surface area contributed by atoms with Gasteiger partial charge >= 0.3 is 0 Å². The first-order valence-corrected chi connectivity index (χ1v) is 5.29. The quantitative estimate of drug-likeness (QED) is 0.719. The van der Waals surface area contributed by atoms with Crippen molar-refractivity contribution in [3.8, 4) is 0 Å². The molecule has 74 valence electrons. The standard InChI is InChI=1S/C12H14FN/c13-10-4-2-9(3-5-10)11-12(8-14-11)6-1-7-12/h2-5,11,14H,1,6-8H2/t11-/m1/s1. The number of benzene rings is 1. The Labute approximate surface area is 83.3 Å². The lowest BCUT2D eigenvalue weighted by molar-refractivity contribution is -0.00567. The molecule has 1 atom stereocenters. The van der Waals surface area contributed by atoms with Gasteiger partial charge in [-0.1, -0.05) is 18.6 Å². The lowest BCUT2D eigenvalue weighted by atomic mass is 9.58. The van der Waals surface area contributed by atoms with Gasteiger partial charge in [0, 0.05) is 18.0 Å². The van der Waals surface area contributed by atoms with E-state index in [1.54, 1.807) is 12.1 Å². The Balaban J connectivity index is 1.85. The molecule has 1 heterocycles. The molecule has 1 aromatic rings. The van der Waals surface area contributed by atoms with Crippen molar-refractivity contribution in [2.45, 2.75) is 25.3 Å². The van der Waals surface area contributed by atoms with E-state index in [9.17, 15) is 4.39 Å². The van der Waals surface area contributed by atoms with Gasteiger partial charge in [0.15, 0.2) is 0 Å². The summed E-state index contributed by atoms with van der Waals surface area (Å²) in [5.74, 6) is -0.143. The lowest BCUT2D eigenvalue weighted by Gasteiger charge is -2.57. The van der Waals surface area contributed by atoms with Crippen LogP contribution in [0.2, 0.25) is 0 Å². The summed E-state index contributed by atoms with van der Waals surface area (Å²) in [5, 5.41) is 3.45. The second-order valence-corrected chi connectivity index (χ2v) is 4.58. The molecule has 2 fully saturated rings. The fourth-order valence-corrected chi connectivity index (χ4v) is 2.72. The van der Waals surface area contributed by atoms with Crippen LogP contribution in [-0.4, -0.2) is 6.54 Å². The molecular weight excluding hydrogens is 177 g/mol. The van der Waals surface area contributed by atoms with E-state index in [1.165, 1.54) is 24.8 Å². The third-order valence-electron chi connectivity index (χ3n) is 3.82. The predicted octanol–water partition coefficient (Wildman–Crippen LogP) is 2.64. The van der Waals surface area contributed by atoms with Crippen LogP contribution in [0.25, 0.3) is 0 Å². The zero-order valence-electron chi connectivity index (χ0n) is 8.09. The van der Waals surface area contributed by atoms with E-state index < -0.39 is 0 Å². The average molecular weight is 191 g/mol. The van der Waals surface area contributed by atoms with Crippen molar-refractivity contribution in [2.75, 3.05) is 6.54 Å². The number of rotatable bonds is 1. The van der Waals surface area contributed by atoms with E-state index in [-0.39, 0.29) is 5.82 Å². The van der Waals surface area contributed by atoms with E-state index in [0.717, 1.165) is 6.54 Å². The third kappa shape index (κ3) is 1.04. The van der Waals surface area contributed by atoms with E-state index in [0.29, 0.717) is 11.5 Å². The van der Waals surface area contributed by atoms with E-state index in [1.807, 2.05) is 12.1 Å². The molecule has 0 unspecified atom stereocenters. The molecule has 1 saturated heterocycles. The molecule has 1 spiro atoms. The van der Waals surface area contributed by atoms with Crippen molar-refractivity contribution in [2.24, 2.45) is 5.41 Å². The molecule has 14 heavy (non-hydrogen) atoms. The number of hydrogen-bond donors (Lipinski definition) is 1. The topological polar surface area (TPSA) is 12.0 Å². The first kappa shape index (κ1) is 8.42. The summed E-state index contributed by atoms with van der Waals surface area (Å²) in [6, 6.07) is 7.42. The molecule has 2 heteroatoms. The molecule has 3 rings (SSSR count). The summed E-state index contributed by atoms with van der Waals surface area (Å²) in [5.41, 5.74) is 1.77. The summed E-state index contributed by atoms with van der Waals surface area (Å²) in [7, 11) is 0. The van der Waals surface area contributed by atoms with Gasteiger partial charge in [0.05, 0.1) is 0 Å². The van der Waals surface area contributed by atoms with Crippen LogP contribution < -0.4 is 5.32 Å². The van der Waals surface area contributed by atoms with Crippen molar-refractivity contribution in [3.63, 3.8) is 0 Å². The highest BCUT2D eigenvalue weighted by Crippen LogP contribution is 2.55. The Hall–Kier alpha value is -0.890. The molecule has 1 nitrogen and oxygen atoms in total. The summed E-state index contributed by atoms with van der Waals surface area (Å²) in [4.78, 5) is 0. The van der Waals surface area contributed by atoms with Gasteiger partial charge in [0.2, 0.25) is 0 Å². The maximum absolute atomic E-state index is 12.7. The highest BCUT2D eigenvalue weighted by atomic mass is 19.1. The predicted molar refractivity (Wildman–Crippen MR) is 53.4 cm³/mol. The van der Waals surface area contributed by atoms with Gasteiger partial charge in [-0.2, -0.15) is 0 Å². The van der Waals surface area contributed by atoms with Crippen LogP contribution in [-0.2, 0) is 0 Å². The minimum Gasteiger partial charge on any atom is -0.309 e. The molecule has 1 aromatic carbocycles. The summed E-state index contributed by atoms with van der Waals surface area (Å²) < 4.78 is 12.7. The van der Waals surface area contributed by atoms with Crippen molar-refractivity contribution in [3.05, 3.63) is 35.6 Å². The molecule has 1 aliphatic carbocycles. The van der Waals surface area contributed by atoms with Gasteiger partial charge in [-0.3, -0.25) is 0 Å². The second kappa shape index (κ2) is 2.80. The van der Waals surface area contributed by atoms with E-state index in [2.05, 4.69) is 5.32 Å². The zero-order chi connectivity index (χ0) is 9.60. The van der Waals surface area contributed by atoms with Crippen LogP contribution in [0.1, 0.15) is 30.9 Å². The highest BCUT2D eigenvalue weighted by Gasteiger charge is 2.50. The molecule has 1 N–H and O–H groups in total. The summed E-state index contributed by atoms with van der Waals surface area (Å²) in [6.07, 6.45) is 4.03. The van der Waals surface area contributed by atoms with Gasteiger partial charge in [-0.05, 0) is 30.5 Å². The zero-order valence-corrected chi connectivity index (χ0v) is 8.09. The van der Waals surface area contributed by atoms with Crippen molar-refractivity contribution in [1.29, 1.82) is 0 Å². The van der Waals surface area contributed by atoms with Gasteiger partial charge in [0.25, 0.3) is 0 Å². The van der Waals surface area contributed by atoms with Crippen LogP contribution in [0, 0.1) is 11.2 Å². The van der Waals surface area contributed by atoms with E-state index >= 15 is 0 Å². The average Bonchev–Trinajstić information content (AvgIpc) is 2.04. The normalized spacial score (nSPS) is 28.2. The minimum absolute atomic E-state index is 0.143. The maximum Gasteiger partial charge on any atom is 0.123 e. The smallest absolute Gasteiger partial charge is 0.123 e. The molecule has 0 bridgehead atoms. The van der Waals surface area contributed by atoms with Crippen LogP contribution in [0.15, 0.2) is 24.3 Å². The SMILES string of the molecule is Fc1ccc([C@H]2NCC23CCC3)cc1. The Morgan fingerprint density at radius 1 is 1.21 bits per heavy atom. The minimum atomic E-state index is -0.143. The monoisotopic (exact) mass is 191 g/mol. The van der Waals surface area contributed by atoms with Crippen LogP contribution in [0.4, 0.5) is 4.39 Å². The largest absolute Gasteiger partial charge is 0.309 e. The van der Waals surface area contributed by atoms with Crippen LogP contribution in [0.3, 0.4) is 0 Å². The van der Waals surface area contributed by atoms with Crippen LogP contribution >= 0.6 is 0 Å². The molecule has 2 aliphatic rings. The van der Waals surface area contributed by atoms with Crippen LogP contribution in [0.5, 0.6) is 0 Å². The Morgan fingerprint density at radius 3 is 2.36 bits per heavy atom.